The first-order valence-corrected chi connectivity index (χ1v) is 6.44. The molecule has 1 saturated carbocycles. The minimum absolute atomic E-state index is 0.0516. The molecule has 0 aromatic heterocycles. The van der Waals surface area contributed by atoms with Crippen LogP contribution in [0.25, 0.3) is 0 Å². The Balaban J connectivity index is 1.98. The van der Waals surface area contributed by atoms with Crippen LogP contribution in [0.3, 0.4) is 0 Å². The number of hydrogen-bond acceptors (Lipinski definition) is 3. The number of carbonyl (C=O) groups is 2. The van der Waals surface area contributed by atoms with Gasteiger partial charge in [0.1, 0.15) is 5.75 Å². The number of likely N-dealkylation sites (N-methyl/N-ethyl adjacent to an activating group) is 1. The Morgan fingerprint density at radius 3 is 2.63 bits per heavy atom. The van der Waals surface area contributed by atoms with Crippen molar-refractivity contribution in [2.75, 3.05) is 13.2 Å². The van der Waals surface area contributed by atoms with E-state index in [1.54, 1.807) is 24.3 Å². The fourth-order valence-electron chi connectivity index (χ4n) is 2.04. The molecule has 2 rings (SSSR count). The lowest BCUT2D eigenvalue weighted by Gasteiger charge is -2.20. The summed E-state index contributed by atoms with van der Waals surface area (Å²) >= 11 is 0. The summed E-state index contributed by atoms with van der Waals surface area (Å²) in [5, 5.41) is 0. The van der Waals surface area contributed by atoms with Crippen molar-refractivity contribution in [1.82, 2.24) is 4.90 Å². The highest BCUT2D eigenvalue weighted by atomic mass is 16.5. The number of nitrogens with zero attached hydrogens (tertiary/aromatic N) is 1. The first-order chi connectivity index (χ1) is 9.13. The summed E-state index contributed by atoms with van der Waals surface area (Å²) in [7, 11) is 0. The van der Waals surface area contributed by atoms with Gasteiger partial charge in [0.15, 0.2) is 6.61 Å². The largest absolute Gasteiger partial charge is 0.483 e. The number of primary amides is 1. The van der Waals surface area contributed by atoms with E-state index in [9.17, 15) is 9.59 Å². The zero-order chi connectivity index (χ0) is 13.8. The zero-order valence-corrected chi connectivity index (χ0v) is 11.0. The molecule has 0 saturated heterocycles. The minimum atomic E-state index is -0.558. The topological polar surface area (TPSA) is 72.6 Å². The van der Waals surface area contributed by atoms with Crippen molar-refractivity contribution in [2.45, 2.75) is 25.8 Å². The fourth-order valence-corrected chi connectivity index (χ4v) is 2.04. The Hall–Kier alpha value is -2.04. The molecular formula is C14H18N2O3. The van der Waals surface area contributed by atoms with Crippen molar-refractivity contribution < 1.29 is 14.3 Å². The van der Waals surface area contributed by atoms with Gasteiger partial charge in [0.25, 0.3) is 11.8 Å². The van der Waals surface area contributed by atoms with Crippen molar-refractivity contribution in [2.24, 2.45) is 5.73 Å². The highest BCUT2D eigenvalue weighted by molar-refractivity contribution is 5.95. The van der Waals surface area contributed by atoms with Crippen LogP contribution in [0.15, 0.2) is 24.3 Å². The van der Waals surface area contributed by atoms with Gasteiger partial charge in [0.2, 0.25) is 0 Å². The van der Waals surface area contributed by atoms with Crippen LogP contribution in [0.1, 0.15) is 30.1 Å². The van der Waals surface area contributed by atoms with Crippen molar-refractivity contribution in [3.8, 4) is 5.75 Å². The van der Waals surface area contributed by atoms with Gasteiger partial charge in [-0.3, -0.25) is 9.59 Å². The van der Waals surface area contributed by atoms with Crippen LogP contribution in [0.2, 0.25) is 0 Å². The van der Waals surface area contributed by atoms with Gasteiger partial charge in [-0.05, 0) is 31.9 Å². The van der Waals surface area contributed by atoms with E-state index in [0.29, 0.717) is 23.9 Å². The highest BCUT2D eigenvalue weighted by Gasteiger charge is 2.31. The summed E-state index contributed by atoms with van der Waals surface area (Å²) in [6.45, 7) is 2.58. The van der Waals surface area contributed by atoms with E-state index < -0.39 is 5.91 Å². The van der Waals surface area contributed by atoms with E-state index in [0.717, 1.165) is 12.8 Å². The second-order valence-electron chi connectivity index (χ2n) is 4.56. The number of rotatable bonds is 6. The molecule has 5 nitrogen and oxygen atoms in total. The number of nitrogens with two attached hydrogens (primary N) is 1. The molecule has 1 aliphatic rings. The molecule has 2 N–H and O–H groups in total. The maximum Gasteiger partial charge on any atom is 0.260 e. The monoisotopic (exact) mass is 262 g/mol. The minimum Gasteiger partial charge on any atom is -0.483 e. The predicted molar refractivity (Wildman–Crippen MR) is 70.9 cm³/mol. The van der Waals surface area contributed by atoms with Gasteiger partial charge >= 0.3 is 0 Å². The number of amides is 2. The molecular weight excluding hydrogens is 244 g/mol. The fraction of sp³-hybridized carbons (Fsp3) is 0.429. The Kier molecular flexibility index (Phi) is 4.04. The lowest BCUT2D eigenvalue weighted by Crippen LogP contribution is -2.36. The second-order valence-corrected chi connectivity index (χ2v) is 4.56. The standard InChI is InChI=1S/C14H18N2O3/c1-2-16(10-7-8-10)13(17)9-19-12-6-4-3-5-11(12)14(15)18/h3-6,10H,2,7-9H2,1H3,(H2,15,18). The van der Waals surface area contributed by atoms with Gasteiger partial charge in [-0.1, -0.05) is 12.1 Å². The third-order valence-electron chi connectivity index (χ3n) is 3.15. The number of carbonyl (C=O) groups excluding carboxylic acids is 2. The molecule has 102 valence electrons. The summed E-state index contributed by atoms with van der Waals surface area (Å²) in [5.74, 6) is -0.253. The van der Waals surface area contributed by atoms with Crippen LogP contribution in [0, 0.1) is 0 Å². The van der Waals surface area contributed by atoms with Crippen molar-refractivity contribution in [1.29, 1.82) is 0 Å². The Labute approximate surface area is 112 Å². The molecule has 0 spiro atoms. The molecule has 2 amide bonds. The SMILES string of the molecule is CCN(C(=O)COc1ccccc1C(N)=O)C1CC1. The molecule has 0 bridgehead atoms. The molecule has 1 aromatic carbocycles. The summed E-state index contributed by atoms with van der Waals surface area (Å²) < 4.78 is 5.43. The Morgan fingerprint density at radius 1 is 1.37 bits per heavy atom. The van der Waals surface area contributed by atoms with Gasteiger partial charge in [0, 0.05) is 12.6 Å². The first kappa shape index (κ1) is 13.4. The van der Waals surface area contributed by atoms with Crippen LogP contribution in [-0.4, -0.2) is 35.9 Å². The van der Waals surface area contributed by atoms with Crippen LogP contribution in [0.5, 0.6) is 5.75 Å². The number of benzene rings is 1. The van der Waals surface area contributed by atoms with Gasteiger partial charge < -0.3 is 15.4 Å². The van der Waals surface area contributed by atoms with Crippen molar-refractivity contribution in [3.05, 3.63) is 29.8 Å². The summed E-state index contributed by atoms with van der Waals surface area (Å²) in [6.07, 6.45) is 2.13. The quantitative estimate of drug-likeness (QED) is 0.836. The number of ether oxygens (including phenoxy) is 1. The maximum absolute atomic E-state index is 12.0. The summed E-state index contributed by atoms with van der Waals surface area (Å²) in [4.78, 5) is 25.0. The number of para-hydroxylation sites is 1. The summed E-state index contributed by atoms with van der Waals surface area (Å²) in [6, 6.07) is 7.04. The first-order valence-electron chi connectivity index (χ1n) is 6.44. The Bertz CT molecular complexity index is 483. The molecule has 0 unspecified atom stereocenters. The average molecular weight is 262 g/mol. The third-order valence-corrected chi connectivity index (χ3v) is 3.15. The molecule has 5 heteroatoms. The van der Waals surface area contributed by atoms with E-state index in [-0.39, 0.29) is 12.5 Å². The average Bonchev–Trinajstić information content (AvgIpc) is 3.22. The number of hydrogen-bond donors (Lipinski definition) is 1. The highest BCUT2D eigenvalue weighted by Crippen LogP contribution is 2.26. The van der Waals surface area contributed by atoms with Crippen molar-refractivity contribution >= 4 is 11.8 Å². The van der Waals surface area contributed by atoms with E-state index in [4.69, 9.17) is 10.5 Å². The van der Waals surface area contributed by atoms with Crippen LogP contribution >= 0.6 is 0 Å². The van der Waals surface area contributed by atoms with Crippen molar-refractivity contribution in [3.63, 3.8) is 0 Å². The lowest BCUT2D eigenvalue weighted by molar-refractivity contribution is -0.133. The molecule has 19 heavy (non-hydrogen) atoms. The second kappa shape index (κ2) is 5.73. The van der Waals surface area contributed by atoms with E-state index >= 15 is 0 Å². The molecule has 1 aromatic rings. The van der Waals surface area contributed by atoms with Gasteiger partial charge in [-0.2, -0.15) is 0 Å². The van der Waals surface area contributed by atoms with Gasteiger partial charge in [-0.25, -0.2) is 0 Å². The van der Waals surface area contributed by atoms with Gasteiger partial charge in [-0.15, -0.1) is 0 Å². The van der Waals surface area contributed by atoms with Gasteiger partial charge in [0.05, 0.1) is 5.56 Å². The molecule has 0 atom stereocenters. The van der Waals surface area contributed by atoms with Crippen LogP contribution < -0.4 is 10.5 Å². The molecule has 0 heterocycles. The normalized spacial score (nSPS) is 13.9. The maximum atomic E-state index is 12.0. The smallest absolute Gasteiger partial charge is 0.260 e. The third kappa shape index (κ3) is 3.24. The lowest BCUT2D eigenvalue weighted by atomic mass is 10.2. The molecule has 1 aliphatic carbocycles. The Morgan fingerprint density at radius 2 is 2.05 bits per heavy atom. The molecule has 0 radical (unpaired) electrons. The van der Waals surface area contributed by atoms with Crippen LogP contribution in [-0.2, 0) is 4.79 Å². The molecule has 0 aliphatic heterocycles. The zero-order valence-electron chi connectivity index (χ0n) is 11.0. The van der Waals surface area contributed by atoms with E-state index in [1.807, 2.05) is 11.8 Å². The molecule has 1 fully saturated rings. The summed E-state index contributed by atoms with van der Waals surface area (Å²) in [5.41, 5.74) is 5.55. The van der Waals surface area contributed by atoms with Crippen LogP contribution in [0.4, 0.5) is 0 Å². The predicted octanol–water partition coefficient (Wildman–Crippen LogP) is 1.18. The van der Waals surface area contributed by atoms with E-state index in [2.05, 4.69) is 0 Å². The van der Waals surface area contributed by atoms with E-state index in [1.165, 1.54) is 0 Å².